The molecule has 1 aliphatic carbocycles. The number of thioether (sulfide) groups is 1. The molecule has 0 spiro atoms. The van der Waals surface area contributed by atoms with Crippen molar-refractivity contribution in [2.24, 2.45) is 5.92 Å². The van der Waals surface area contributed by atoms with Crippen LogP contribution in [0.25, 0.3) is 0 Å². The van der Waals surface area contributed by atoms with Gasteiger partial charge < -0.3 is 0 Å². The van der Waals surface area contributed by atoms with Gasteiger partial charge in [0.05, 0.1) is 0 Å². The quantitative estimate of drug-likeness (QED) is 0.556. The van der Waals surface area contributed by atoms with Gasteiger partial charge in [0.25, 0.3) is 0 Å². The third kappa shape index (κ3) is 2.06. The Morgan fingerprint density at radius 2 is 2.10 bits per heavy atom. The van der Waals surface area contributed by atoms with Gasteiger partial charge in [-0.2, -0.15) is 11.8 Å². The Morgan fingerprint density at radius 1 is 1.40 bits per heavy atom. The lowest BCUT2D eigenvalue weighted by atomic mass is 9.90. The van der Waals surface area contributed by atoms with E-state index in [0.29, 0.717) is 5.38 Å². The van der Waals surface area contributed by atoms with E-state index in [-0.39, 0.29) is 0 Å². The molecule has 1 saturated carbocycles. The Balaban J connectivity index is 2.38. The molecule has 0 amide bonds. The van der Waals surface area contributed by atoms with Crippen molar-refractivity contribution >= 4 is 23.4 Å². The van der Waals surface area contributed by atoms with Crippen molar-refractivity contribution in [3.8, 4) is 0 Å². The number of halogens is 1. The summed E-state index contributed by atoms with van der Waals surface area (Å²) in [5.41, 5.74) is 0. The maximum Gasteiger partial charge on any atom is 0.0346 e. The topological polar surface area (TPSA) is 0 Å². The molecule has 60 valence electrons. The van der Waals surface area contributed by atoms with Gasteiger partial charge in [0.2, 0.25) is 0 Å². The Labute approximate surface area is 72.7 Å². The first-order valence-corrected chi connectivity index (χ1v) is 5.63. The lowest BCUT2D eigenvalue weighted by Crippen LogP contribution is -2.25. The van der Waals surface area contributed by atoms with Gasteiger partial charge in [-0.1, -0.05) is 6.92 Å². The molecule has 0 saturated heterocycles. The minimum atomic E-state index is 0.452. The Hall–Kier alpha value is 0.640. The van der Waals surface area contributed by atoms with E-state index >= 15 is 0 Å². The minimum Gasteiger partial charge on any atom is -0.162 e. The first-order chi connectivity index (χ1) is 4.74. The summed E-state index contributed by atoms with van der Waals surface area (Å²) in [6.45, 7) is 2.34. The molecule has 3 atom stereocenters. The Bertz CT molecular complexity index is 105. The third-order valence-corrected chi connectivity index (χ3v) is 4.02. The van der Waals surface area contributed by atoms with Crippen LogP contribution in [0.4, 0.5) is 0 Å². The predicted octanol–water partition coefficient (Wildman–Crippen LogP) is 3.15. The summed E-state index contributed by atoms with van der Waals surface area (Å²) in [6, 6.07) is 0. The molecule has 0 N–H and O–H groups in total. The highest BCUT2D eigenvalue weighted by atomic mass is 35.5. The highest BCUT2D eigenvalue weighted by Gasteiger charge is 2.25. The van der Waals surface area contributed by atoms with Crippen LogP contribution in [0.1, 0.15) is 26.2 Å². The number of hydrogen-bond donors (Lipinski definition) is 0. The molecule has 0 aliphatic heterocycles. The molecule has 0 aromatic carbocycles. The third-order valence-electron chi connectivity index (χ3n) is 2.36. The van der Waals surface area contributed by atoms with Crippen molar-refractivity contribution in [3.63, 3.8) is 0 Å². The van der Waals surface area contributed by atoms with Crippen molar-refractivity contribution in [2.75, 3.05) is 6.26 Å². The molecule has 2 heteroatoms. The lowest BCUT2D eigenvalue weighted by molar-refractivity contribution is 0.403. The van der Waals surface area contributed by atoms with Crippen LogP contribution in [0.15, 0.2) is 0 Å². The van der Waals surface area contributed by atoms with Crippen LogP contribution in [0.2, 0.25) is 0 Å². The minimum absolute atomic E-state index is 0.452. The van der Waals surface area contributed by atoms with E-state index in [1.165, 1.54) is 19.3 Å². The monoisotopic (exact) mass is 178 g/mol. The summed E-state index contributed by atoms with van der Waals surface area (Å²) in [6.07, 6.45) is 5.94. The van der Waals surface area contributed by atoms with Crippen LogP contribution in [0, 0.1) is 5.92 Å². The van der Waals surface area contributed by atoms with Gasteiger partial charge in [0.1, 0.15) is 0 Å². The second-order valence-electron chi connectivity index (χ2n) is 3.16. The molecule has 3 unspecified atom stereocenters. The SMILES string of the molecule is CSC1CC(Cl)CCC1C. The molecule has 0 aromatic heterocycles. The molecular formula is C8H15ClS. The second-order valence-corrected chi connectivity index (χ2v) is 4.86. The van der Waals surface area contributed by atoms with Gasteiger partial charge in [0.15, 0.2) is 0 Å². The molecule has 1 fully saturated rings. The van der Waals surface area contributed by atoms with Gasteiger partial charge >= 0.3 is 0 Å². The van der Waals surface area contributed by atoms with Crippen molar-refractivity contribution in [3.05, 3.63) is 0 Å². The molecule has 1 aliphatic rings. The maximum absolute atomic E-state index is 6.04. The van der Waals surface area contributed by atoms with Crippen LogP contribution in [-0.2, 0) is 0 Å². The highest BCUT2D eigenvalue weighted by molar-refractivity contribution is 7.99. The summed E-state index contributed by atoms with van der Waals surface area (Å²) >= 11 is 8.02. The van der Waals surface area contributed by atoms with Crippen LogP contribution in [-0.4, -0.2) is 16.9 Å². The van der Waals surface area contributed by atoms with E-state index in [1.807, 2.05) is 11.8 Å². The average molecular weight is 179 g/mol. The van der Waals surface area contributed by atoms with Crippen LogP contribution in [0.3, 0.4) is 0 Å². The molecule has 10 heavy (non-hydrogen) atoms. The zero-order valence-corrected chi connectivity index (χ0v) is 8.21. The van der Waals surface area contributed by atoms with Gasteiger partial charge in [-0.15, -0.1) is 11.6 Å². The van der Waals surface area contributed by atoms with Gasteiger partial charge in [-0.3, -0.25) is 0 Å². The highest BCUT2D eigenvalue weighted by Crippen LogP contribution is 2.34. The summed E-state index contributed by atoms with van der Waals surface area (Å²) in [4.78, 5) is 0. The van der Waals surface area contributed by atoms with Crippen LogP contribution >= 0.6 is 23.4 Å². The molecular weight excluding hydrogens is 164 g/mol. The summed E-state index contributed by atoms with van der Waals surface area (Å²) in [7, 11) is 0. The van der Waals surface area contributed by atoms with Crippen molar-refractivity contribution in [2.45, 2.75) is 36.8 Å². The summed E-state index contributed by atoms with van der Waals surface area (Å²) in [5, 5.41) is 1.27. The molecule has 1 rings (SSSR count). The first kappa shape index (κ1) is 8.73. The molecule has 0 heterocycles. The molecule has 0 bridgehead atoms. The van der Waals surface area contributed by atoms with Crippen molar-refractivity contribution in [1.82, 2.24) is 0 Å². The predicted molar refractivity (Wildman–Crippen MR) is 50.0 cm³/mol. The van der Waals surface area contributed by atoms with E-state index in [0.717, 1.165) is 11.2 Å². The maximum atomic E-state index is 6.04. The standard InChI is InChI=1S/C8H15ClS/c1-6-3-4-7(9)5-8(6)10-2/h6-8H,3-5H2,1-2H3. The number of alkyl halides is 1. The fraction of sp³-hybridized carbons (Fsp3) is 1.00. The second kappa shape index (κ2) is 3.87. The number of hydrogen-bond acceptors (Lipinski definition) is 1. The normalized spacial score (nSPS) is 41.7. The fourth-order valence-electron chi connectivity index (χ4n) is 1.56. The van der Waals surface area contributed by atoms with E-state index in [2.05, 4.69) is 13.2 Å². The van der Waals surface area contributed by atoms with E-state index < -0.39 is 0 Å². The molecule has 0 nitrogen and oxygen atoms in total. The van der Waals surface area contributed by atoms with Crippen molar-refractivity contribution in [1.29, 1.82) is 0 Å². The van der Waals surface area contributed by atoms with E-state index in [9.17, 15) is 0 Å². The fourth-order valence-corrected chi connectivity index (χ4v) is 3.01. The first-order valence-electron chi connectivity index (χ1n) is 3.91. The average Bonchev–Trinajstić information content (AvgIpc) is 1.94. The van der Waals surface area contributed by atoms with E-state index in [1.54, 1.807) is 0 Å². The Kier molecular flexibility index (Phi) is 3.38. The zero-order chi connectivity index (χ0) is 7.56. The number of rotatable bonds is 1. The van der Waals surface area contributed by atoms with Gasteiger partial charge in [-0.25, -0.2) is 0 Å². The molecule has 0 radical (unpaired) electrons. The van der Waals surface area contributed by atoms with Gasteiger partial charge in [-0.05, 0) is 31.4 Å². The zero-order valence-electron chi connectivity index (χ0n) is 6.64. The van der Waals surface area contributed by atoms with Crippen LogP contribution in [0.5, 0.6) is 0 Å². The van der Waals surface area contributed by atoms with Gasteiger partial charge in [0, 0.05) is 10.6 Å². The van der Waals surface area contributed by atoms with Crippen molar-refractivity contribution < 1.29 is 0 Å². The lowest BCUT2D eigenvalue weighted by Gasteiger charge is -2.30. The Morgan fingerprint density at radius 3 is 2.60 bits per heavy atom. The summed E-state index contributed by atoms with van der Waals surface area (Å²) < 4.78 is 0. The largest absolute Gasteiger partial charge is 0.162 e. The smallest absolute Gasteiger partial charge is 0.0346 e. The van der Waals surface area contributed by atoms with Crippen LogP contribution < -0.4 is 0 Å². The molecule has 0 aromatic rings. The van der Waals surface area contributed by atoms with E-state index in [4.69, 9.17) is 11.6 Å². The summed E-state index contributed by atoms with van der Waals surface area (Å²) in [5.74, 6) is 0.880.